The van der Waals surface area contributed by atoms with Crippen molar-refractivity contribution in [2.45, 2.75) is 0 Å². The lowest BCUT2D eigenvalue weighted by molar-refractivity contribution is 0.0367. The molecule has 0 bridgehead atoms. The van der Waals surface area contributed by atoms with Gasteiger partial charge in [0.15, 0.2) is 0 Å². The lowest BCUT2D eigenvalue weighted by atomic mass is 10.3. The van der Waals surface area contributed by atoms with Crippen molar-refractivity contribution in [2.24, 2.45) is 0 Å². The van der Waals surface area contributed by atoms with Crippen LogP contribution in [-0.4, -0.2) is 20.3 Å². The molecule has 0 aliphatic carbocycles. The maximum Gasteiger partial charge on any atom is 0.119 e. The van der Waals surface area contributed by atoms with Gasteiger partial charge in [0, 0.05) is 12.1 Å². The van der Waals surface area contributed by atoms with Crippen LogP contribution in [0, 0.1) is 0 Å². The van der Waals surface area contributed by atoms with Crippen LogP contribution in [-0.2, 0) is 4.84 Å². The van der Waals surface area contributed by atoms with Crippen LogP contribution in [0.3, 0.4) is 0 Å². The van der Waals surface area contributed by atoms with E-state index in [9.17, 15) is 0 Å². The molecule has 0 aromatic heterocycles. The van der Waals surface area contributed by atoms with Crippen molar-refractivity contribution in [2.75, 3.05) is 20.3 Å². The summed E-state index contributed by atoms with van der Waals surface area (Å²) in [5, 5.41) is 0.707. The molecule has 0 spiro atoms. The Morgan fingerprint density at radius 3 is 2.54 bits per heavy atom. The summed E-state index contributed by atoms with van der Waals surface area (Å²) in [5.74, 6) is 0.795. The Morgan fingerprint density at radius 1 is 1.23 bits per heavy atom. The molecule has 1 N–H and O–H groups in total. The van der Waals surface area contributed by atoms with E-state index in [2.05, 4.69) is 5.48 Å². The molecule has 4 heteroatoms. The summed E-state index contributed by atoms with van der Waals surface area (Å²) in [6.45, 7) is 1.03. The normalized spacial score (nSPS) is 10.0. The van der Waals surface area contributed by atoms with E-state index in [-0.39, 0.29) is 0 Å². The first-order valence-corrected chi connectivity index (χ1v) is 4.37. The van der Waals surface area contributed by atoms with Gasteiger partial charge in [-0.3, -0.25) is 4.84 Å². The predicted molar refractivity (Wildman–Crippen MR) is 52.0 cm³/mol. The summed E-state index contributed by atoms with van der Waals surface area (Å²) in [6, 6.07) is 7.22. The van der Waals surface area contributed by atoms with Gasteiger partial charge in [0.2, 0.25) is 0 Å². The second kappa shape index (κ2) is 5.80. The molecule has 0 atom stereocenters. The van der Waals surface area contributed by atoms with E-state index in [0.29, 0.717) is 18.2 Å². The second-order valence-electron chi connectivity index (χ2n) is 2.35. The summed E-state index contributed by atoms with van der Waals surface area (Å²) in [5.41, 5.74) is 2.56. The fourth-order valence-electron chi connectivity index (χ4n) is 0.834. The van der Waals surface area contributed by atoms with Crippen LogP contribution in [0.4, 0.5) is 0 Å². The lowest BCUT2D eigenvalue weighted by Crippen LogP contribution is -2.14. The van der Waals surface area contributed by atoms with Crippen molar-refractivity contribution in [1.82, 2.24) is 5.48 Å². The molecule has 72 valence electrons. The van der Waals surface area contributed by atoms with Gasteiger partial charge in [-0.05, 0) is 24.3 Å². The maximum atomic E-state index is 5.71. The number of benzene rings is 1. The van der Waals surface area contributed by atoms with Gasteiger partial charge in [0.1, 0.15) is 19.0 Å². The highest BCUT2D eigenvalue weighted by Crippen LogP contribution is 2.15. The highest BCUT2D eigenvalue weighted by molar-refractivity contribution is 6.30. The maximum absolute atomic E-state index is 5.71. The Bertz CT molecular complexity index is 238. The molecule has 0 heterocycles. The van der Waals surface area contributed by atoms with Crippen molar-refractivity contribution >= 4 is 11.6 Å². The average molecular weight is 202 g/mol. The monoisotopic (exact) mass is 201 g/mol. The van der Waals surface area contributed by atoms with Crippen molar-refractivity contribution in [3.05, 3.63) is 29.3 Å². The Labute approximate surface area is 82.6 Å². The minimum atomic E-state index is 0.513. The summed E-state index contributed by atoms with van der Waals surface area (Å²) in [7, 11) is 1.71. The molecule has 1 rings (SSSR count). The number of rotatable bonds is 5. The molecule has 3 nitrogen and oxygen atoms in total. The quantitative estimate of drug-likeness (QED) is 0.583. The van der Waals surface area contributed by atoms with Gasteiger partial charge in [-0.15, -0.1) is 0 Å². The molecule has 1 aromatic carbocycles. The van der Waals surface area contributed by atoms with Crippen LogP contribution < -0.4 is 10.2 Å². The van der Waals surface area contributed by atoms with Gasteiger partial charge >= 0.3 is 0 Å². The molecule has 0 unspecified atom stereocenters. The lowest BCUT2D eigenvalue weighted by Gasteiger charge is -2.05. The molecule has 0 aliphatic rings. The summed E-state index contributed by atoms with van der Waals surface area (Å²) in [6.07, 6.45) is 0. The predicted octanol–water partition coefficient (Wildman–Crippen LogP) is 1.87. The van der Waals surface area contributed by atoms with Gasteiger partial charge in [-0.2, -0.15) is 0 Å². The zero-order chi connectivity index (χ0) is 9.52. The largest absolute Gasteiger partial charge is 0.491 e. The van der Waals surface area contributed by atoms with Gasteiger partial charge in [-0.25, -0.2) is 5.48 Å². The minimum Gasteiger partial charge on any atom is -0.491 e. The van der Waals surface area contributed by atoms with E-state index in [1.54, 1.807) is 19.2 Å². The zero-order valence-electron chi connectivity index (χ0n) is 7.42. The standard InChI is InChI=1S/C9H12ClNO2/c1-11-13-7-6-12-9-4-2-8(10)3-5-9/h2-5,11H,6-7H2,1H3. The molecule has 0 fully saturated rings. The van der Waals surface area contributed by atoms with E-state index in [0.717, 1.165) is 5.75 Å². The van der Waals surface area contributed by atoms with Crippen molar-refractivity contribution < 1.29 is 9.57 Å². The summed E-state index contributed by atoms with van der Waals surface area (Å²) >= 11 is 5.71. The van der Waals surface area contributed by atoms with Crippen LogP contribution >= 0.6 is 11.6 Å². The molecule has 0 amide bonds. The fraction of sp³-hybridized carbons (Fsp3) is 0.333. The molecule has 13 heavy (non-hydrogen) atoms. The molecule has 0 radical (unpaired) electrons. The first-order chi connectivity index (χ1) is 6.33. The van der Waals surface area contributed by atoms with Gasteiger partial charge in [0.25, 0.3) is 0 Å². The third kappa shape index (κ3) is 4.12. The SMILES string of the molecule is CNOCCOc1ccc(Cl)cc1. The zero-order valence-corrected chi connectivity index (χ0v) is 8.17. The average Bonchev–Trinajstić information content (AvgIpc) is 2.15. The first kappa shape index (κ1) is 10.3. The molecule has 1 aromatic rings. The molecule has 0 saturated heterocycles. The molecule has 0 aliphatic heterocycles. The highest BCUT2D eigenvalue weighted by atomic mass is 35.5. The Kier molecular flexibility index (Phi) is 4.60. The van der Waals surface area contributed by atoms with E-state index in [4.69, 9.17) is 21.2 Å². The van der Waals surface area contributed by atoms with E-state index in [1.807, 2.05) is 12.1 Å². The molecule has 0 saturated carbocycles. The summed E-state index contributed by atoms with van der Waals surface area (Å²) in [4.78, 5) is 4.88. The Balaban J connectivity index is 2.25. The van der Waals surface area contributed by atoms with Crippen molar-refractivity contribution in [1.29, 1.82) is 0 Å². The van der Waals surface area contributed by atoms with Crippen LogP contribution in [0.2, 0.25) is 5.02 Å². The van der Waals surface area contributed by atoms with E-state index < -0.39 is 0 Å². The van der Waals surface area contributed by atoms with E-state index in [1.165, 1.54) is 0 Å². The topological polar surface area (TPSA) is 30.5 Å². The Morgan fingerprint density at radius 2 is 1.92 bits per heavy atom. The third-order valence-electron chi connectivity index (χ3n) is 1.41. The van der Waals surface area contributed by atoms with Gasteiger partial charge in [0.05, 0.1) is 0 Å². The van der Waals surface area contributed by atoms with Gasteiger partial charge < -0.3 is 4.74 Å². The van der Waals surface area contributed by atoms with Crippen LogP contribution in [0.5, 0.6) is 5.75 Å². The molecular formula is C9H12ClNO2. The van der Waals surface area contributed by atoms with Crippen molar-refractivity contribution in [3.63, 3.8) is 0 Å². The highest BCUT2D eigenvalue weighted by Gasteiger charge is 1.92. The number of halogens is 1. The van der Waals surface area contributed by atoms with Gasteiger partial charge in [-0.1, -0.05) is 11.6 Å². The van der Waals surface area contributed by atoms with Crippen LogP contribution in [0.25, 0.3) is 0 Å². The van der Waals surface area contributed by atoms with Crippen LogP contribution in [0.15, 0.2) is 24.3 Å². The number of hydrogen-bond donors (Lipinski definition) is 1. The first-order valence-electron chi connectivity index (χ1n) is 4.00. The number of nitrogens with one attached hydrogen (secondary N) is 1. The summed E-state index contributed by atoms with van der Waals surface area (Å²) < 4.78 is 5.34. The fourth-order valence-corrected chi connectivity index (χ4v) is 0.960. The minimum absolute atomic E-state index is 0.513. The number of ether oxygens (including phenoxy) is 1. The molecular weight excluding hydrogens is 190 g/mol. The smallest absolute Gasteiger partial charge is 0.119 e. The third-order valence-corrected chi connectivity index (χ3v) is 1.66. The Hall–Kier alpha value is -0.770. The van der Waals surface area contributed by atoms with E-state index >= 15 is 0 Å². The van der Waals surface area contributed by atoms with Crippen molar-refractivity contribution in [3.8, 4) is 5.75 Å². The number of hydroxylamine groups is 1. The number of hydrogen-bond acceptors (Lipinski definition) is 3. The van der Waals surface area contributed by atoms with Crippen LogP contribution in [0.1, 0.15) is 0 Å². The second-order valence-corrected chi connectivity index (χ2v) is 2.79.